The standard InChI is InChI=1S/C14H16ClFN2O/c15-11-5-8(1-3-12(11)16)7-17-14(19)10-6-9-2-4-13(10)18-9/h1,3,5,9-10,13,18H,2,4,6-7H2,(H,17,19). The summed E-state index contributed by atoms with van der Waals surface area (Å²) in [6.45, 7) is 0.396. The largest absolute Gasteiger partial charge is 0.352 e. The molecule has 0 saturated carbocycles. The van der Waals surface area contributed by atoms with Gasteiger partial charge in [0.25, 0.3) is 0 Å². The van der Waals surface area contributed by atoms with Gasteiger partial charge in [0.05, 0.1) is 10.9 Å². The summed E-state index contributed by atoms with van der Waals surface area (Å²) in [6, 6.07) is 5.36. The first-order valence-electron chi connectivity index (χ1n) is 6.61. The van der Waals surface area contributed by atoms with Gasteiger partial charge in [-0.05, 0) is 37.0 Å². The Kier molecular flexibility index (Phi) is 3.46. The molecule has 102 valence electrons. The van der Waals surface area contributed by atoms with Crippen molar-refractivity contribution in [3.8, 4) is 0 Å². The Morgan fingerprint density at radius 3 is 2.95 bits per heavy atom. The highest BCUT2D eigenvalue weighted by molar-refractivity contribution is 6.30. The molecule has 1 aromatic rings. The van der Waals surface area contributed by atoms with Crippen molar-refractivity contribution in [2.24, 2.45) is 5.92 Å². The van der Waals surface area contributed by atoms with E-state index in [1.54, 1.807) is 12.1 Å². The summed E-state index contributed by atoms with van der Waals surface area (Å²) >= 11 is 5.71. The summed E-state index contributed by atoms with van der Waals surface area (Å²) in [5.41, 5.74) is 0.816. The average Bonchev–Trinajstić information content (AvgIpc) is 3.02. The number of amides is 1. The monoisotopic (exact) mass is 282 g/mol. The van der Waals surface area contributed by atoms with Crippen LogP contribution in [0.2, 0.25) is 5.02 Å². The van der Waals surface area contributed by atoms with Crippen LogP contribution in [0.3, 0.4) is 0 Å². The van der Waals surface area contributed by atoms with Gasteiger partial charge in [-0.2, -0.15) is 0 Å². The normalized spacial score (nSPS) is 28.6. The van der Waals surface area contributed by atoms with Crippen molar-refractivity contribution in [2.75, 3.05) is 0 Å². The fraction of sp³-hybridized carbons (Fsp3) is 0.500. The smallest absolute Gasteiger partial charge is 0.225 e. The topological polar surface area (TPSA) is 41.1 Å². The van der Waals surface area contributed by atoms with Crippen LogP contribution in [-0.2, 0) is 11.3 Å². The number of carbonyl (C=O) groups excluding carboxylic acids is 1. The summed E-state index contributed by atoms with van der Waals surface area (Å²) in [6.07, 6.45) is 3.20. The molecule has 2 heterocycles. The molecular weight excluding hydrogens is 267 g/mol. The molecule has 5 heteroatoms. The van der Waals surface area contributed by atoms with Crippen molar-refractivity contribution in [3.05, 3.63) is 34.6 Å². The van der Waals surface area contributed by atoms with Gasteiger partial charge in [-0.3, -0.25) is 4.79 Å². The van der Waals surface area contributed by atoms with E-state index in [-0.39, 0.29) is 16.8 Å². The molecule has 2 aliphatic heterocycles. The van der Waals surface area contributed by atoms with E-state index in [0.717, 1.165) is 18.4 Å². The van der Waals surface area contributed by atoms with Crippen LogP contribution in [-0.4, -0.2) is 18.0 Å². The van der Waals surface area contributed by atoms with Gasteiger partial charge >= 0.3 is 0 Å². The summed E-state index contributed by atoms with van der Waals surface area (Å²) in [5, 5.41) is 6.45. The van der Waals surface area contributed by atoms with E-state index < -0.39 is 5.82 Å². The van der Waals surface area contributed by atoms with Crippen LogP contribution in [0.15, 0.2) is 18.2 Å². The molecule has 2 N–H and O–H groups in total. The van der Waals surface area contributed by atoms with E-state index in [9.17, 15) is 9.18 Å². The van der Waals surface area contributed by atoms with Gasteiger partial charge in [0.1, 0.15) is 5.82 Å². The van der Waals surface area contributed by atoms with Gasteiger partial charge in [0.2, 0.25) is 5.91 Å². The van der Waals surface area contributed by atoms with Crippen LogP contribution in [0.5, 0.6) is 0 Å². The number of halogens is 2. The van der Waals surface area contributed by atoms with E-state index in [1.807, 2.05) is 0 Å². The summed E-state index contributed by atoms with van der Waals surface area (Å²) in [7, 11) is 0. The van der Waals surface area contributed by atoms with E-state index in [0.29, 0.717) is 18.6 Å². The summed E-state index contributed by atoms with van der Waals surface area (Å²) < 4.78 is 13.0. The Morgan fingerprint density at radius 1 is 1.47 bits per heavy atom. The van der Waals surface area contributed by atoms with Crippen LogP contribution >= 0.6 is 11.6 Å². The predicted octanol–water partition coefficient (Wildman–Crippen LogP) is 2.24. The molecule has 3 atom stereocenters. The fourth-order valence-electron chi connectivity index (χ4n) is 3.08. The van der Waals surface area contributed by atoms with Crippen molar-refractivity contribution < 1.29 is 9.18 Å². The number of hydrogen-bond donors (Lipinski definition) is 2. The zero-order valence-electron chi connectivity index (χ0n) is 10.5. The number of hydrogen-bond acceptors (Lipinski definition) is 2. The highest BCUT2D eigenvalue weighted by atomic mass is 35.5. The number of fused-ring (bicyclic) bond motifs is 2. The first-order valence-corrected chi connectivity index (χ1v) is 6.99. The van der Waals surface area contributed by atoms with Gasteiger partial charge < -0.3 is 10.6 Å². The van der Waals surface area contributed by atoms with Crippen LogP contribution in [0.1, 0.15) is 24.8 Å². The lowest BCUT2D eigenvalue weighted by molar-refractivity contribution is -0.125. The maximum absolute atomic E-state index is 13.0. The van der Waals surface area contributed by atoms with Crippen LogP contribution in [0, 0.1) is 11.7 Å². The molecule has 2 aliphatic rings. The van der Waals surface area contributed by atoms with Crippen molar-refractivity contribution >= 4 is 17.5 Å². The third-order valence-corrected chi connectivity index (χ3v) is 4.38. The van der Waals surface area contributed by atoms with Crippen molar-refractivity contribution in [1.29, 1.82) is 0 Å². The lowest BCUT2D eigenvalue weighted by Crippen LogP contribution is -2.37. The summed E-state index contributed by atoms with van der Waals surface area (Å²) in [5.74, 6) is -0.274. The van der Waals surface area contributed by atoms with Gasteiger partial charge in [-0.1, -0.05) is 17.7 Å². The highest BCUT2D eigenvalue weighted by Gasteiger charge is 2.42. The molecule has 0 spiro atoms. The first-order chi connectivity index (χ1) is 9.13. The fourth-order valence-corrected chi connectivity index (χ4v) is 3.29. The lowest BCUT2D eigenvalue weighted by atomic mass is 9.88. The van der Waals surface area contributed by atoms with Crippen molar-refractivity contribution in [2.45, 2.75) is 37.9 Å². The quantitative estimate of drug-likeness (QED) is 0.893. The second kappa shape index (κ2) is 5.10. The Labute approximate surface area is 116 Å². The van der Waals surface area contributed by atoms with Crippen LogP contribution in [0.4, 0.5) is 4.39 Å². The lowest BCUT2D eigenvalue weighted by Gasteiger charge is -2.19. The molecule has 2 fully saturated rings. The molecule has 3 rings (SSSR count). The second-order valence-corrected chi connectivity index (χ2v) is 5.76. The number of rotatable bonds is 3. The molecule has 1 amide bonds. The maximum Gasteiger partial charge on any atom is 0.225 e. The van der Waals surface area contributed by atoms with E-state index in [1.165, 1.54) is 12.5 Å². The molecular formula is C14H16ClFN2O. The zero-order chi connectivity index (χ0) is 13.4. The van der Waals surface area contributed by atoms with Crippen molar-refractivity contribution in [1.82, 2.24) is 10.6 Å². The van der Waals surface area contributed by atoms with Crippen molar-refractivity contribution in [3.63, 3.8) is 0 Å². The Balaban J connectivity index is 1.57. The van der Waals surface area contributed by atoms with Gasteiger partial charge in [-0.15, -0.1) is 0 Å². The molecule has 3 nitrogen and oxygen atoms in total. The number of carbonyl (C=O) groups is 1. The van der Waals surface area contributed by atoms with Crippen LogP contribution in [0.25, 0.3) is 0 Å². The van der Waals surface area contributed by atoms with Gasteiger partial charge in [0, 0.05) is 18.6 Å². The second-order valence-electron chi connectivity index (χ2n) is 5.36. The first kappa shape index (κ1) is 12.9. The van der Waals surface area contributed by atoms with E-state index in [2.05, 4.69) is 10.6 Å². The van der Waals surface area contributed by atoms with Crippen LogP contribution < -0.4 is 10.6 Å². The minimum Gasteiger partial charge on any atom is -0.352 e. The molecule has 2 saturated heterocycles. The van der Waals surface area contributed by atoms with Gasteiger partial charge in [0.15, 0.2) is 0 Å². The molecule has 3 unspecified atom stereocenters. The zero-order valence-corrected chi connectivity index (χ0v) is 11.2. The van der Waals surface area contributed by atoms with Gasteiger partial charge in [-0.25, -0.2) is 4.39 Å². The molecule has 0 aliphatic carbocycles. The molecule has 2 bridgehead atoms. The molecule has 1 aromatic carbocycles. The Morgan fingerprint density at radius 2 is 2.32 bits per heavy atom. The molecule has 0 radical (unpaired) electrons. The summed E-state index contributed by atoms with van der Waals surface area (Å²) in [4.78, 5) is 12.1. The Bertz CT molecular complexity index is 508. The van der Waals surface area contributed by atoms with E-state index >= 15 is 0 Å². The number of nitrogens with one attached hydrogen (secondary N) is 2. The molecule has 19 heavy (non-hydrogen) atoms. The predicted molar refractivity (Wildman–Crippen MR) is 71.3 cm³/mol. The third-order valence-electron chi connectivity index (χ3n) is 4.09. The third kappa shape index (κ3) is 2.60. The average molecular weight is 283 g/mol. The van der Waals surface area contributed by atoms with E-state index in [4.69, 9.17) is 11.6 Å². The molecule has 0 aromatic heterocycles. The minimum atomic E-state index is -0.436. The number of benzene rings is 1. The SMILES string of the molecule is O=C(NCc1ccc(F)c(Cl)c1)C1CC2CCC1N2. The maximum atomic E-state index is 13.0. The minimum absolute atomic E-state index is 0.0784. The Hall–Kier alpha value is -1.13. The highest BCUT2D eigenvalue weighted by Crippen LogP contribution is 2.33.